The minimum absolute atomic E-state index is 0.0599. The maximum atomic E-state index is 14.1. The Labute approximate surface area is 263 Å². The number of aliphatic hydroxyl groups is 1. The molecule has 1 aliphatic carbocycles. The summed E-state index contributed by atoms with van der Waals surface area (Å²) in [4.78, 5) is 42.5. The molecule has 1 aliphatic heterocycles. The maximum absolute atomic E-state index is 14.1. The Morgan fingerprint density at radius 1 is 1.09 bits per heavy atom. The quantitative estimate of drug-likeness (QED) is 0.113. The fraction of sp³-hybridized carbons (Fsp3) is 0.467. The highest BCUT2D eigenvalue weighted by Gasteiger charge is 2.46. The lowest BCUT2D eigenvalue weighted by atomic mass is 9.80. The number of aliphatic hydroxyl groups excluding tert-OH is 1. The molecule has 46 heavy (non-hydrogen) atoms. The predicted molar refractivity (Wildman–Crippen MR) is 163 cm³/mol. The Bertz CT molecular complexity index is 1690. The summed E-state index contributed by atoms with van der Waals surface area (Å²) in [7, 11) is -3.06. The molecule has 16 heteroatoms. The molecule has 0 radical (unpaired) electrons. The van der Waals surface area contributed by atoms with Crippen molar-refractivity contribution in [3.63, 3.8) is 0 Å². The van der Waals surface area contributed by atoms with E-state index in [1.54, 1.807) is 33.0 Å². The number of hydrogen-bond acceptors (Lipinski definition) is 8. The van der Waals surface area contributed by atoms with Crippen molar-refractivity contribution in [2.45, 2.75) is 82.3 Å². The zero-order valence-corrected chi connectivity index (χ0v) is 26.4. The number of fused-ring (bicyclic) bond motifs is 1. The Morgan fingerprint density at radius 3 is 2.35 bits per heavy atom. The Hall–Kier alpha value is -3.78. The van der Waals surface area contributed by atoms with Crippen LogP contribution in [0.3, 0.4) is 0 Å². The molecule has 5 rings (SSSR count). The van der Waals surface area contributed by atoms with Gasteiger partial charge in [0.1, 0.15) is 5.56 Å². The fourth-order valence-corrected chi connectivity index (χ4v) is 7.82. The molecule has 1 aromatic carbocycles. The average molecular weight is 665 g/mol. The minimum atomic E-state index is -4.86. The van der Waals surface area contributed by atoms with Gasteiger partial charge in [0.2, 0.25) is 0 Å². The number of alkyl halides is 3. The van der Waals surface area contributed by atoms with Crippen molar-refractivity contribution in [1.29, 1.82) is 0 Å². The molecular weight excluding hydrogens is 628 g/mol. The number of anilines is 4. The molecule has 2 aromatic heterocycles. The molecule has 5 N–H and O–H groups in total. The highest BCUT2D eigenvalue weighted by molar-refractivity contribution is 7.53. The number of benzene rings is 1. The number of amides is 1. The Kier molecular flexibility index (Phi) is 9.08. The van der Waals surface area contributed by atoms with E-state index < -0.39 is 30.3 Å². The number of nitrogens with one attached hydrogen (secondary N) is 2. The van der Waals surface area contributed by atoms with Crippen molar-refractivity contribution in [2.75, 3.05) is 17.7 Å². The highest BCUT2D eigenvalue weighted by atomic mass is 31.2. The largest absolute Gasteiger partial charge is 0.711 e. The second kappa shape index (κ2) is 12.4. The molecule has 3 aromatic rings. The number of carbonyl (C=O) groups excluding carboxylic acids is 1. The van der Waals surface area contributed by atoms with Crippen LogP contribution >= 0.6 is 7.60 Å². The van der Waals surface area contributed by atoms with Crippen LogP contribution < -0.4 is 15.4 Å². The summed E-state index contributed by atoms with van der Waals surface area (Å²) in [6, 6.07) is 5.98. The van der Waals surface area contributed by atoms with Gasteiger partial charge < -0.3 is 30.3 Å². The summed E-state index contributed by atoms with van der Waals surface area (Å²) in [6.07, 6.45) is -0.821. The molecule has 0 spiro atoms. The predicted octanol–water partition coefficient (Wildman–Crippen LogP) is 5.41. The molecule has 0 atom stereocenters. The van der Waals surface area contributed by atoms with Crippen LogP contribution in [-0.4, -0.2) is 48.8 Å². The first-order chi connectivity index (χ1) is 21.6. The number of rotatable bonds is 9. The van der Waals surface area contributed by atoms with Crippen molar-refractivity contribution >= 4 is 36.8 Å². The standard InChI is InChI=1S/C30H36F3N6O6P/c1-4-29(5-2,46(43,44)45)18-8-13-24(39(42)15-18)36-28-34-14-22(30(31,32)33)26(37-28)35-23-12-11-20(17-6-9-19(40)10-7-17)21-16-38(3)27(41)25(21)23/h8,11-15,17,19,40H,4-7,9-10,16H2,1-3H3,(H2,43,44,45)(H2,34,35,36,37)/t17-,19-. The summed E-state index contributed by atoms with van der Waals surface area (Å²) < 4.78 is 54.9. The maximum Gasteiger partial charge on any atom is 0.421 e. The van der Waals surface area contributed by atoms with E-state index in [9.17, 15) is 42.6 Å². The third kappa shape index (κ3) is 6.16. The van der Waals surface area contributed by atoms with Crippen LogP contribution in [0.1, 0.15) is 90.9 Å². The van der Waals surface area contributed by atoms with Gasteiger partial charge in [0.15, 0.2) is 5.82 Å². The van der Waals surface area contributed by atoms with Crippen LogP contribution in [0.25, 0.3) is 0 Å². The van der Waals surface area contributed by atoms with Crippen LogP contribution in [0.15, 0.2) is 36.7 Å². The zero-order valence-electron chi connectivity index (χ0n) is 25.5. The summed E-state index contributed by atoms with van der Waals surface area (Å²) in [5.74, 6) is -1.44. The van der Waals surface area contributed by atoms with Gasteiger partial charge in [0.25, 0.3) is 11.7 Å². The second-order valence-electron chi connectivity index (χ2n) is 11.8. The van der Waals surface area contributed by atoms with Gasteiger partial charge in [-0.3, -0.25) is 9.36 Å². The summed E-state index contributed by atoms with van der Waals surface area (Å²) in [5, 5.41) is 26.6. The molecule has 1 amide bonds. The lowest BCUT2D eigenvalue weighted by Gasteiger charge is -2.32. The number of carbonyl (C=O) groups is 1. The van der Waals surface area contributed by atoms with E-state index in [1.165, 1.54) is 17.0 Å². The summed E-state index contributed by atoms with van der Waals surface area (Å²) in [5.41, 5.74) is 0.953. The highest BCUT2D eigenvalue weighted by Crippen LogP contribution is 2.60. The number of pyridine rings is 1. The average Bonchev–Trinajstić information content (AvgIpc) is 3.29. The van der Waals surface area contributed by atoms with Crippen LogP contribution in [-0.2, 0) is 22.4 Å². The first kappa shape index (κ1) is 33.6. The smallest absolute Gasteiger partial charge is 0.421 e. The molecule has 0 unspecified atom stereocenters. The van der Waals surface area contributed by atoms with E-state index in [2.05, 4.69) is 20.6 Å². The molecule has 1 saturated carbocycles. The first-order valence-corrected chi connectivity index (χ1v) is 16.6. The molecule has 12 nitrogen and oxygen atoms in total. The number of hydrogen-bond donors (Lipinski definition) is 5. The third-order valence-corrected chi connectivity index (χ3v) is 11.2. The molecule has 0 saturated heterocycles. The van der Waals surface area contributed by atoms with Gasteiger partial charge in [0.05, 0.1) is 28.7 Å². The van der Waals surface area contributed by atoms with Gasteiger partial charge >= 0.3 is 19.7 Å². The van der Waals surface area contributed by atoms with Gasteiger partial charge in [-0.25, -0.2) is 10.0 Å². The van der Waals surface area contributed by atoms with E-state index in [0.29, 0.717) is 30.3 Å². The van der Waals surface area contributed by atoms with E-state index >= 15 is 0 Å². The summed E-state index contributed by atoms with van der Waals surface area (Å²) in [6.45, 7) is 3.49. The lowest BCUT2D eigenvalue weighted by Crippen LogP contribution is -2.34. The van der Waals surface area contributed by atoms with Crippen LogP contribution in [0, 0.1) is 5.21 Å². The van der Waals surface area contributed by atoms with Gasteiger partial charge in [-0.15, -0.1) is 0 Å². The zero-order chi connectivity index (χ0) is 33.6. The molecule has 1 fully saturated rings. The summed E-state index contributed by atoms with van der Waals surface area (Å²) >= 11 is 0. The van der Waals surface area contributed by atoms with Gasteiger partial charge in [-0.05, 0) is 67.7 Å². The van der Waals surface area contributed by atoms with E-state index in [1.807, 2.05) is 0 Å². The molecule has 3 heterocycles. The number of halogens is 3. The van der Waals surface area contributed by atoms with E-state index in [-0.39, 0.29) is 59.4 Å². The number of aromatic nitrogens is 3. The molecule has 0 bridgehead atoms. The molecule has 248 valence electrons. The molecule has 2 aliphatic rings. The second-order valence-corrected chi connectivity index (χ2v) is 13.8. The number of nitrogens with zero attached hydrogens (tertiary/aromatic N) is 4. The van der Waals surface area contributed by atoms with Gasteiger partial charge in [0, 0.05) is 31.4 Å². The van der Waals surface area contributed by atoms with Gasteiger partial charge in [-0.2, -0.15) is 23.1 Å². The van der Waals surface area contributed by atoms with Crippen molar-refractivity contribution in [1.82, 2.24) is 14.9 Å². The van der Waals surface area contributed by atoms with Crippen LogP contribution in [0.4, 0.5) is 36.4 Å². The Morgan fingerprint density at radius 2 is 1.76 bits per heavy atom. The fourth-order valence-electron chi connectivity index (χ4n) is 6.53. The topological polar surface area (TPSA) is 175 Å². The van der Waals surface area contributed by atoms with Crippen molar-refractivity contribution in [2.24, 2.45) is 0 Å². The van der Waals surface area contributed by atoms with Gasteiger partial charge in [-0.1, -0.05) is 19.9 Å². The van der Waals surface area contributed by atoms with Crippen molar-refractivity contribution in [3.05, 3.63) is 69.7 Å². The lowest BCUT2D eigenvalue weighted by molar-refractivity contribution is -0.590. The van der Waals surface area contributed by atoms with E-state index in [0.717, 1.165) is 30.2 Å². The monoisotopic (exact) mass is 664 g/mol. The third-order valence-electron chi connectivity index (χ3n) is 9.21. The normalized spacial score (nSPS) is 18.9. The van der Waals surface area contributed by atoms with Crippen LogP contribution in [0.2, 0.25) is 0 Å². The molecular formula is C30H36F3N6O6P. The minimum Gasteiger partial charge on any atom is -0.711 e. The SMILES string of the molecule is CCC(CC)(c1ccc(Nc2ncc(C(F)(F)F)c(Nc3ccc([C@H]4CC[C@H](O)CC4)c4c3C(=O)N(C)C4)n2)[n+]([O-])c1)P(=O)(O)O. The first-order valence-electron chi connectivity index (χ1n) is 15.0. The van der Waals surface area contributed by atoms with E-state index in [4.69, 9.17) is 0 Å². The van der Waals surface area contributed by atoms with Crippen LogP contribution in [0.5, 0.6) is 0 Å². The van der Waals surface area contributed by atoms with Crippen molar-refractivity contribution < 1.29 is 42.2 Å². The van der Waals surface area contributed by atoms with Crippen molar-refractivity contribution in [3.8, 4) is 0 Å². The Balaban J connectivity index is 1.50.